The second-order valence-corrected chi connectivity index (χ2v) is 5.66. The zero-order valence-electron chi connectivity index (χ0n) is 14.6. The lowest BCUT2D eigenvalue weighted by Gasteiger charge is -2.12. The predicted octanol–water partition coefficient (Wildman–Crippen LogP) is 5.20. The molecule has 0 bridgehead atoms. The van der Waals surface area contributed by atoms with Gasteiger partial charge in [0, 0.05) is 6.04 Å². The molecular weight excluding hydrogens is 266 g/mol. The first kappa shape index (κ1) is 22.5. The fourth-order valence-electron chi connectivity index (χ4n) is 1.95. The average Bonchev–Trinajstić information content (AvgIpc) is 2.48. The van der Waals surface area contributed by atoms with Crippen molar-refractivity contribution in [3.8, 4) is 0 Å². The van der Waals surface area contributed by atoms with Gasteiger partial charge in [0.05, 0.1) is 6.61 Å². The SMILES string of the molecule is CCCCC(CC)COC(=O)O.CCCCCC(N)CC. The van der Waals surface area contributed by atoms with Gasteiger partial charge < -0.3 is 15.6 Å². The maximum absolute atomic E-state index is 10.1. The molecule has 3 N–H and O–H groups in total. The smallest absolute Gasteiger partial charge is 0.450 e. The van der Waals surface area contributed by atoms with Gasteiger partial charge in [-0.25, -0.2) is 4.79 Å². The maximum Gasteiger partial charge on any atom is 0.505 e. The van der Waals surface area contributed by atoms with Gasteiger partial charge in [-0.1, -0.05) is 66.2 Å². The summed E-state index contributed by atoms with van der Waals surface area (Å²) in [5.41, 5.74) is 5.71. The number of hydrogen-bond acceptors (Lipinski definition) is 3. The van der Waals surface area contributed by atoms with Crippen LogP contribution in [-0.4, -0.2) is 23.9 Å². The molecule has 0 saturated heterocycles. The highest BCUT2D eigenvalue weighted by atomic mass is 16.7. The van der Waals surface area contributed by atoms with Crippen molar-refractivity contribution in [3.63, 3.8) is 0 Å². The molecule has 0 fully saturated rings. The van der Waals surface area contributed by atoms with E-state index in [0.29, 0.717) is 18.6 Å². The van der Waals surface area contributed by atoms with Gasteiger partial charge in [-0.05, 0) is 25.2 Å². The third-order valence-electron chi connectivity index (χ3n) is 3.69. The van der Waals surface area contributed by atoms with Gasteiger partial charge >= 0.3 is 6.16 Å². The van der Waals surface area contributed by atoms with Crippen LogP contribution in [0.25, 0.3) is 0 Å². The molecule has 4 nitrogen and oxygen atoms in total. The molecule has 0 aromatic rings. The Morgan fingerprint density at radius 1 is 1.00 bits per heavy atom. The lowest BCUT2D eigenvalue weighted by atomic mass is 10.0. The number of hydrogen-bond donors (Lipinski definition) is 2. The Hall–Kier alpha value is -0.770. The van der Waals surface area contributed by atoms with Gasteiger partial charge in [0.25, 0.3) is 0 Å². The van der Waals surface area contributed by atoms with Crippen LogP contribution in [0.5, 0.6) is 0 Å². The van der Waals surface area contributed by atoms with E-state index in [2.05, 4.69) is 32.4 Å². The average molecular weight is 303 g/mol. The van der Waals surface area contributed by atoms with Crippen LogP contribution in [0.2, 0.25) is 0 Å². The van der Waals surface area contributed by atoms with Gasteiger partial charge in [0.1, 0.15) is 0 Å². The van der Waals surface area contributed by atoms with E-state index in [4.69, 9.17) is 10.8 Å². The van der Waals surface area contributed by atoms with Crippen LogP contribution >= 0.6 is 0 Å². The number of unbranched alkanes of at least 4 members (excludes halogenated alkanes) is 3. The van der Waals surface area contributed by atoms with Crippen molar-refractivity contribution >= 4 is 6.16 Å². The van der Waals surface area contributed by atoms with E-state index in [0.717, 1.165) is 32.1 Å². The summed E-state index contributed by atoms with van der Waals surface area (Å²) < 4.78 is 4.51. The summed E-state index contributed by atoms with van der Waals surface area (Å²) in [6, 6.07) is 0.455. The fourth-order valence-corrected chi connectivity index (χ4v) is 1.95. The number of carboxylic acid groups (broad SMARTS) is 1. The Balaban J connectivity index is 0. The molecule has 128 valence electrons. The van der Waals surface area contributed by atoms with Crippen LogP contribution in [0.15, 0.2) is 0 Å². The lowest BCUT2D eigenvalue weighted by molar-refractivity contribution is 0.0744. The highest BCUT2D eigenvalue weighted by Crippen LogP contribution is 2.12. The highest BCUT2D eigenvalue weighted by molar-refractivity contribution is 5.56. The number of carbonyl (C=O) groups is 1. The summed E-state index contributed by atoms with van der Waals surface area (Å²) in [6.07, 6.45) is 9.51. The summed E-state index contributed by atoms with van der Waals surface area (Å²) in [6.45, 7) is 8.91. The molecule has 0 rings (SSSR count). The molecule has 4 heteroatoms. The van der Waals surface area contributed by atoms with E-state index >= 15 is 0 Å². The molecular formula is C17H37NO3. The molecule has 0 radical (unpaired) electrons. The minimum absolute atomic E-state index is 0.353. The first-order chi connectivity index (χ1) is 10.0. The Morgan fingerprint density at radius 2 is 1.62 bits per heavy atom. The second-order valence-electron chi connectivity index (χ2n) is 5.66. The van der Waals surface area contributed by atoms with Gasteiger partial charge in [0.15, 0.2) is 0 Å². The van der Waals surface area contributed by atoms with Gasteiger partial charge in [-0.2, -0.15) is 0 Å². The third-order valence-corrected chi connectivity index (χ3v) is 3.69. The molecule has 0 aromatic heterocycles. The molecule has 0 aliphatic carbocycles. The number of rotatable bonds is 11. The minimum Gasteiger partial charge on any atom is -0.450 e. The molecule has 21 heavy (non-hydrogen) atoms. The summed E-state index contributed by atoms with van der Waals surface area (Å²) >= 11 is 0. The molecule has 0 aliphatic rings. The minimum atomic E-state index is -1.16. The molecule has 0 spiro atoms. The maximum atomic E-state index is 10.1. The van der Waals surface area contributed by atoms with E-state index in [1.54, 1.807) is 0 Å². The Kier molecular flexibility index (Phi) is 18.5. The van der Waals surface area contributed by atoms with Crippen molar-refractivity contribution in [2.45, 2.75) is 91.5 Å². The van der Waals surface area contributed by atoms with E-state index < -0.39 is 6.16 Å². The Morgan fingerprint density at radius 3 is 2.05 bits per heavy atom. The topological polar surface area (TPSA) is 72.5 Å². The monoisotopic (exact) mass is 303 g/mol. The standard InChI is InChI=1S/C9H18O3.C8H19N/c1-3-5-6-8(4-2)7-12-9(10)11;1-3-5-6-7-8(9)4-2/h8H,3-7H2,1-2H3,(H,10,11);8H,3-7,9H2,1-2H3. The van der Waals surface area contributed by atoms with Gasteiger partial charge in [-0.15, -0.1) is 0 Å². The van der Waals surface area contributed by atoms with Crippen LogP contribution in [-0.2, 0) is 4.74 Å². The number of nitrogens with two attached hydrogens (primary N) is 1. The van der Waals surface area contributed by atoms with Crippen molar-refractivity contribution in [2.24, 2.45) is 11.7 Å². The first-order valence-electron chi connectivity index (χ1n) is 8.62. The van der Waals surface area contributed by atoms with Crippen molar-refractivity contribution < 1.29 is 14.6 Å². The van der Waals surface area contributed by atoms with Crippen molar-refractivity contribution in [2.75, 3.05) is 6.61 Å². The zero-order valence-corrected chi connectivity index (χ0v) is 14.6. The first-order valence-corrected chi connectivity index (χ1v) is 8.62. The van der Waals surface area contributed by atoms with E-state index in [1.807, 2.05) is 0 Å². The largest absolute Gasteiger partial charge is 0.505 e. The van der Waals surface area contributed by atoms with Crippen LogP contribution in [0, 0.1) is 5.92 Å². The predicted molar refractivity (Wildman–Crippen MR) is 89.7 cm³/mol. The summed E-state index contributed by atoms with van der Waals surface area (Å²) in [4.78, 5) is 10.1. The normalized spacial score (nSPS) is 13.0. The van der Waals surface area contributed by atoms with E-state index in [9.17, 15) is 4.79 Å². The third kappa shape index (κ3) is 19.2. The van der Waals surface area contributed by atoms with Crippen LogP contribution in [0.3, 0.4) is 0 Å². The zero-order chi connectivity index (χ0) is 16.5. The van der Waals surface area contributed by atoms with Crippen LogP contribution in [0.1, 0.15) is 85.5 Å². The molecule has 2 unspecified atom stereocenters. The van der Waals surface area contributed by atoms with Crippen molar-refractivity contribution in [1.82, 2.24) is 0 Å². The Labute approximate surface area is 131 Å². The summed E-state index contributed by atoms with van der Waals surface area (Å²) in [7, 11) is 0. The van der Waals surface area contributed by atoms with Gasteiger partial charge in [-0.3, -0.25) is 0 Å². The molecule has 0 heterocycles. The molecule has 2 atom stereocenters. The molecule has 0 aliphatic heterocycles. The van der Waals surface area contributed by atoms with Gasteiger partial charge in [0.2, 0.25) is 0 Å². The summed E-state index contributed by atoms with van der Waals surface area (Å²) in [5.74, 6) is 0.404. The van der Waals surface area contributed by atoms with E-state index in [-0.39, 0.29) is 0 Å². The van der Waals surface area contributed by atoms with Crippen LogP contribution in [0.4, 0.5) is 4.79 Å². The van der Waals surface area contributed by atoms with Crippen LogP contribution < -0.4 is 5.73 Å². The molecule has 0 aromatic carbocycles. The van der Waals surface area contributed by atoms with E-state index in [1.165, 1.54) is 25.7 Å². The highest BCUT2D eigenvalue weighted by Gasteiger charge is 2.08. The lowest BCUT2D eigenvalue weighted by Crippen LogP contribution is -2.17. The fraction of sp³-hybridized carbons (Fsp3) is 0.941. The molecule has 0 amide bonds. The molecule has 0 saturated carbocycles. The Bertz CT molecular complexity index is 222. The number of ether oxygens (including phenoxy) is 1. The van der Waals surface area contributed by atoms with Crippen molar-refractivity contribution in [3.05, 3.63) is 0 Å². The summed E-state index contributed by atoms with van der Waals surface area (Å²) in [5, 5.41) is 8.26. The van der Waals surface area contributed by atoms with Crippen molar-refractivity contribution in [1.29, 1.82) is 0 Å². The second kappa shape index (κ2) is 17.3. The quantitative estimate of drug-likeness (QED) is 0.406.